The van der Waals surface area contributed by atoms with Gasteiger partial charge < -0.3 is 0 Å². The molecule has 4 nitrogen and oxygen atoms in total. The number of rotatable bonds is 6. The Balaban J connectivity index is 1.68. The molecular weight excluding hydrogens is 358 g/mol. The number of allylic oxidation sites excluding steroid dienone is 3. The van der Waals surface area contributed by atoms with Gasteiger partial charge in [0.2, 0.25) is 15.9 Å². The molecule has 1 amide bonds. The summed E-state index contributed by atoms with van der Waals surface area (Å²) in [7, 11) is -3.49. The van der Waals surface area contributed by atoms with E-state index >= 15 is 0 Å². The highest BCUT2D eigenvalue weighted by atomic mass is 32.2. The summed E-state index contributed by atoms with van der Waals surface area (Å²) in [6.07, 6.45) is 8.88. The van der Waals surface area contributed by atoms with Gasteiger partial charge in [-0.05, 0) is 55.8 Å². The fraction of sp³-hybridized carbons (Fsp3) is 0.773. The smallest absolute Gasteiger partial charge is 0.238 e. The number of fused-ring (bicyclic) bond motifs is 1. The second-order valence-corrected chi connectivity index (χ2v) is 12.2. The van der Waals surface area contributed by atoms with Crippen LogP contribution < -0.4 is 0 Å². The lowest BCUT2D eigenvalue weighted by atomic mass is 9.69. The SMILES string of the molecule is C=C(C)/C=C/C(C)(C)CCCC(=O)N1[C@H]2C[C@@H]3CC[C@@]2(CS1(=O)=O)C3(C)C. The van der Waals surface area contributed by atoms with Crippen molar-refractivity contribution in [2.45, 2.75) is 79.2 Å². The van der Waals surface area contributed by atoms with E-state index in [4.69, 9.17) is 0 Å². The molecule has 3 fully saturated rings. The first kappa shape index (κ1) is 20.6. The zero-order valence-electron chi connectivity index (χ0n) is 17.5. The van der Waals surface area contributed by atoms with E-state index in [1.807, 2.05) is 13.0 Å². The third-order valence-electron chi connectivity index (χ3n) is 7.69. The normalized spacial score (nSPS) is 33.6. The second-order valence-electron chi connectivity index (χ2n) is 10.3. The van der Waals surface area contributed by atoms with Crippen LogP contribution in [0.1, 0.15) is 73.1 Å². The maximum atomic E-state index is 13.0. The molecule has 2 aliphatic carbocycles. The first-order chi connectivity index (χ1) is 12.3. The Labute approximate surface area is 165 Å². The first-order valence-electron chi connectivity index (χ1n) is 10.2. The van der Waals surface area contributed by atoms with E-state index in [0.29, 0.717) is 18.8 Å². The Bertz CT molecular complexity index is 777. The summed E-state index contributed by atoms with van der Waals surface area (Å²) in [5.41, 5.74) is 0.760. The van der Waals surface area contributed by atoms with Crippen molar-refractivity contribution in [3.8, 4) is 0 Å². The Hall–Kier alpha value is -1.10. The van der Waals surface area contributed by atoms with Crippen LogP contribution in [-0.4, -0.2) is 30.4 Å². The molecule has 3 aliphatic rings. The van der Waals surface area contributed by atoms with E-state index in [0.717, 1.165) is 31.3 Å². The van der Waals surface area contributed by atoms with Crippen molar-refractivity contribution < 1.29 is 13.2 Å². The molecule has 1 heterocycles. The number of hydrogen-bond acceptors (Lipinski definition) is 3. The summed E-state index contributed by atoms with van der Waals surface area (Å²) in [5, 5.41) is 0. The molecule has 2 saturated carbocycles. The largest absolute Gasteiger partial charge is 0.274 e. The summed E-state index contributed by atoms with van der Waals surface area (Å²) in [5.74, 6) is 0.506. The number of hydrogen-bond donors (Lipinski definition) is 0. The average Bonchev–Trinajstić information content (AvgIpc) is 3.00. The molecule has 0 aromatic heterocycles. The molecule has 5 heteroatoms. The van der Waals surface area contributed by atoms with Gasteiger partial charge in [0.15, 0.2) is 0 Å². The van der Waals surface area contributed by atoms with Crippen molar-refractivity contribution in [1.29, 1.82) is 0 Å². The third kappa shape index (κ3) is 3.30. The summed E-state index contributed by atoms with van der Waals surface area (Å²) < 4.78 is 27.1. The highest BCUT2D eigenvalue weighted by Gasteiger charge is 2.72. The Morgan fingerprint density at radius 2 is 2.00 bits per heavy atom. The Morgan fingerprint density at radius 1 is 1.33 bits per heavy atom. The van der Waals surface area contributed by atoms with Gasteiger partial charge in [0.25, 0.3) is 0 Å². The van der Waals surface area contributed by atoms with Crippen LogP contribution in [0.4, 0.5) is 0 Å². The van der Waals surface area contributed by atoms with Gasteiger partial charge in [-0.15, -0.1) is 0 Å². The van der Waals surface area contributed by atoms with Gasteiger partial charge in [0, 0.05) is 11.8 Å². The number of amides is 1. The highest BCUT2D eigenvalue weighted by Crippen LogP contribution is 2.70. The number of carbonyl (C=O) groups excluding carboxylic acids is 1. The van der Waals surface area contributed by atoms with Crippen molar-refractivity contribution in [3.05, 3.63) is 24.3 Å². The molecule has 0 unspecified atom stereocenters. The first-order valence-corrected chi connectivity index (χ1v) is 11.8. The predicted octanol–water partition coefficient (Wildman–Crippen LogP) is 4.68. The molecule has 1 spiro atoms. The molecule has 1 saturated heterocycles. The van der Waals surface area contributed by atoms with Gasteiger partial charge in [-0.2, -0.15) is 0 Å². The molecular formula is C22H35NO3S. The predicted molar refractivity (Wildman–Crippen MR) is 110 cm³/mol. The van der Waals surface area contributed by atoms with Crippen molar-refractivity contribution in [1.82, 2.24) is 4.31 Å². The van der Waals surface area contributed by atoms with Gasteiger partial charge in [0.05, 0.1) is 11.8 Å². The van der Waals surface area contributed by atoms with E-state index in [1.54, 1.807) is 0 Å². The summed E-state index contributed by atoms with van der Waals surface area (Å²) in [4.78, 5) is 13.0. The molecule has 1 aliphatic heterocycles. The fourth-order valence-electron chi connectivity index (χ4n) is 5.87. The number of sulfonamides is 1. The average molecular weight is 394 g/mol. The second kappa shape index (κ2) is 6.47. The zero-order chi connectivity index (χ0) is 20.3. The fourth-order valence-corrected chi connectivity index (χ4v) is 8.45. The van der Waals surface area contributed by atoms with Crippen LogP contribution >= 0.6 is 0 Å². The number of carbonyl (C=O) groups is 1. The van der Waals surface area contributed by atoms with Crippen molar-refractivity contribution in [2.75, 3.05) is 5.75 Å². The Kier molecular flexibility index (Phi) is 4.94. The lowest BCUT2D eigenvalue weighted by molar-refractivity contribution is -0.129. The quantitative estimate of drug-likeness (QED) is 0.616. The van der Waals surface area contributed by atoms with Gasteiger partial charge in [0.1, 0.15) is 0 Å². The topological polar surface area (TPSA) is 54.5 Å². The van der Waals surface area contributed by atoms with Crippen molar-refractivity contribution in [3.63, 3.8) is 0 Å². The standard InChI is InChI=1S/C22H35NO3S/c1-16(2)9-12-20(3,4)11-7-8-19(24)23-18-14-17-10-13-22(18,21(17,5)6)15-27(23,25)26/h9,12,17-18H,1,7-8,10-11,13-15H2,2-6H3/b12-9+/t17-,18-,22-/m0/s1. The lowest BCUT2D eigenvalue weighted by Gasteiger charge is -2.37. The van der Waals surface area contributed by atoms with Crippen molar-refractivity contribution in [2.24, 2.45) is 22.2 Å². The van der Waals surface area contributed by atoms with Gasteiger partial charge in [-0.25, -0.2) is 12.7 Å². The van der Waals surface area contributed by atoms with Gasteiger partial charge in [-0.3, -0.25) is 4.79 Å². The molecule has 2 bridgehead atoms. The molecule has 27 heavy (non-hydrogen) atoms. The van der Waals surface area contributed by atoms with Crippen LogP contribution in [0.3, 0.4) is 0 Å². The lowest BCUT2D eigenvalue weighted by Crippen LogP contribution is -2.44. The maximum Gasteiger partial charge on any atom is 0.238 e. The minimum Gasteiger partial charge on any atom is -0.274 e. The minimum absolute atomic E-state index is 0.00903. The zero-order valence-corrected chi connectivity index (χ0v) is 18.4. The van der Waals surface area contributed by atoms with Crippen LogP contribution in [-0.2, 0) is 14.8 Å². The summed E-state index contributed by atoms with van der Waals surface area (Å²) in [6.45, 7) is 14.5. The van der Waals surface area contributed by atoms with E-state index in [9.17, 15) is 13.2 Å². The van der Waals surface area contributed by atoms with Crippen LogP contribution in [0, 0.1) is 22.2 Å². The highest BCUT2D eigenvalue weighted by molar-refractivity contribution is 7.90. The molecule has 3 rings (SSSR count). The molecule has 0 N–H and O–H groups in total. The van der Waals surface area contributed by atoms with Gasteiger partial charge >= 0.3 is 0 Å². The summed E-state index contributed by atoms with van der Waals surface area (Å²) >= 11 is 0. The van der Waals surface area contributed by atoms with Crippen LogP contribution in [0.15, 0.2) is 24.3 Å². The van der Waals surface area contributed by atoms with E-state index in [1.165, 1.54) is 4.31 Å². The molecule has 3 atom stereocenters. The van der Waals surface area contributed by atoms with Crippen molar-refractivity contribution >= 4 is 15.9 Å². The molecule has 152 valence electrons. The molecule has 0 aromatic rings. The van der Waals surface area contributed by atoms with Crippen LogP contribution in [0.25, 0.3) is 0 Å². The summed E-state index contributed by atoms with van der Waals surface area (Å²) in [6, 6.07) is -0.111. The van der Waals surface area contributed by atoms with Crippen LogP contribution in [0.5, 0.6) is 0 Å². The minimum atomic E-state index is -3.49. The maximum absolute atomic E-state index is 13.0. The Morgan fingerprint density at radius 3 is 2.59 bits per heavy atom. The van der Waals surface area contributed by atoms with E-state index in [2.05, 4.69) is 40.3 Å². The molecule has 0 radical (unpaired) electrons. The molecule has 0 aromatic carbocycles. The number of nitrogens with zero attached hydrogens (tertiary/aromatic N) is 1. The van der Waals surface area contributed by atoms with E-state index < -0.39 is 10.0 Å². The van der Waals surface area contributed by atoms with E-state index in [-0.39, 0.29) is 33.9 Å². The van der Waals surface area contributed by atoms with Gasteiger partial charge in [-0.1, -0.05) is 52.0 Å². The third-order valence-corrected chi connectivity index (χ3v) is 9.63. The van der Waals surface area contributed by atoms with Crippen LogP contribution in [0.2, 0.25) is 0 Å². The monoisotopic (exact) mass is 393 g/mol.